The van der Waals surface area contributed by atoms with E-state index in [1.54, 1.807) is 0 Å². The number of ether oxygens (including phenoxy) is 1. The van der Waals surface area contributed by atoms with Gasteiger partial charge in [-0.1, -0.05) is 36.0 Å². The minimum Gasteiger partial charge on any atom is -0.489 e. The molecule has 20 heavy (non-hydrogen) atoms. The minimum absolute atomic E-state index is 0.0401. The van der Waals surface area contributed by atoms with Gasteiger partial charge >= 0.3 is 0 Å². The smallest absolute Gasteiger partial charge is 0.126 e. The Labute approximate surface area is 123 Å². The van der Waals surface area contributed by atoms with E-state index in [0.29, 0.717) is 12.5 Å². The Morgan fingerprint density at radius 2 is 2.10 bits per heavy atom. The first-order valence-corrected chi connectivity index (χ1v) is 7.65. The topological polar surface area (TPSA) is 58.0 Å². The average Bonchev–Trinajstić information content (AvgIpc) is 2.87. The number of azide groups is 1. The summed E-state index contributed by atoms with van der Waals surface area (Å²) in [5, 5.41) is 4.41. The van der Waals surface area contributed by atoms with Gasteiger partial charge in [-0.05, 0) is 47.6 Å². The molecule has 0 N–H and O–H groups in total. The van der Waals surface area contributed by atoms with Gasteiger partial charge < -0.3 is 4.74 Å². The van der Waals surface area contributed by atoms with E-state index in [-0.39, 0.29) is 6.10 Å². The Morgan fingerprint density at radius 3 is 2.85 bits per heavy atom. The number of hydrogen-bond donors (Lipinski definition) is 0. The Morgan fingerprint density at radius 1 is 1.30 bits per heavy atom. The van der Waals surface area contributed by atoms with Crippen molar-refractivity contribution in [2.45, 2.75) is 50.5 Å². The number of halogens is 1. The van der Waals surface area contributed by atoms with E-state index in [1.807, 2.05) is 6.07 Å². The van der Waals surface area contributed by atoms with Gasteiger partial charge in [-0.3, -0.25) is 0 Å². The van der Waals surface area contributed by atoms with Crippen molar-refractivity contribution in [3.63, 3.8) is 0 Å². The average molecular weight is 292 g/mol. The van der Waals surface area contributed by atoms with Crippen LogP contribution < -0.4 is 4.74 Å². The van der Waals surface area contributed by atoms with Crippen LogP contribution in [-0.4, -0.2) is 12.6 Å². The van der Waals surface area contributed by atoms with Gasteiger partial charge in [0.05, 0.1) is 6.54 Å². The zero-order valence-corrected chi connectivity index (χ0v) is 12.1. The summed E-state index contributed by atoms with van der Waals surface area (Å²) in [4.78, 5) is 2.81. The third-order valence-electron chi connectivity index (χ3n) is 4.28. The first-order chi connectivity index (χ1) is 9.78. The van der Waals surface area contributed by atoms with E-state index in [4.69, 9.17) is 21.9 Å². The molecule has 106 valence electrons. The Hall–Kier alpha value is -1.38. The van der Waals surface area contributed by atoms with Gasteiger partial charge in [0.2, 0.25) is 0 Å². The molecule has 1 heterocycles. The molecule has 1 unspecified atom stereocenters. The van der Waals surface area contributed by atoms with E-state index < -0.39 is 0 Å². The third-order valence-corrected chi connectivity index (χ3v) is 4.50. The second-order valence-electron chi connectivity index (χ2n) is 5.68. The Balaban J connectivity index is 1.87. The van der Waals surface area contributed by atoms with Crippen LogP contribution in [-0.2, 0) is 6.42 Å². The number of rotatable bonds is 3. The second kappa shape index (κ2) is 5.94. The summed E-state index contributed by atoms with van der Waals surface area (Å²) >= 11 is 6.26. The first-order valence-electron chi connectivity index (χ1n) is 7.27. The van der Waals surface area contributed by atoms with Gasteiger partial charge in [-0.2, -0.15) is 0 Å². The lowest BCUT2D eigenvalue weighted by molar-refractivity contribution is 0.237. The van der Waals surface area contributed by atoms with Crippen molar-refractivity contribution in [1.82, 2.24) is 0 Å². The van der Waals surface area contributed by atoms with Crippen LogP contribution in [0.3, 0.4) is 0 Å². The molecule has 1 fully saturated rings. The first kappa shape index (κ1) is 13.6. The highest BCUT2D eigenvalue weighted by Crippen LogP contribution is 2.43. The fraction of sp³-hybridized carbons (Fsp3) is 0.600. The zero-order chi connectivity index (χ0) is 13.9. The normalized spacial score (nSPS) is 21.9. The molecule has 0 spiro atoms. The number of fused-ring (bicyclic) bond motifs is 1. The van der Waals surface area contributed by atoms with Gasteiger partial charge in [0.1, 0.15) is 11.9 Å². The number of nitrogens with zero attached hydrogens (tertiary/aromatic N) is 3. The molecule has 1 atom stereocenters. The summed E-state index contributed by atoms with van der Waals surface area (Å²) < 4.78 is 6.02. The number of benzene rings is 1. The molecule has 0 saturated heterocycles. The van der Waals surface area contributed by atoms with Gasteiger partial charge in [0.15, 0.2) is 0 Å². The van der Waals surface area contributed by atoms with Crippen molar-refractivity contribution in [2.75, 3.05) is 6.54 Å². The lowest BCUT2D eigenvalue weighted by atomic mass is 9.83. The Kier molecular flexibility index (Phi) is 4.04. The van der Waals surface area contributed by atoms with Gasteiger partial charge in [-0.25, -0.2) is 0 Å². The van der Waals surface area contributed by atoms with Crippen LogP contribution in [0.2, 0.25) is 5.02 Å². The molecule has 1 aliphatic carbocycles. The largest absolute Gasteiger partial charge is 0.489 e. The van der Waals surface area contributed by atoms with Crippen molar-refractivity contribution >= 4 is 11.6 Å². The van der Waals surface area contributed by atoms with Crippen molar-refractivity contribution in [3.05, 3.63) is 38.7 Å². The summed E-state index contributed by atoms with van der Waals surface area (Å²) in [7, 11) is 0. The lowest BCUT2D eigenvalue weighted by Gasteiger charge is -2.24. The van der Waals surface area contributed by atoms with E-state index in [0.717, 1.165) is 22.8 Å². The van der Waals surface area contributed by atoms with Gasteiger partial charge in [0, 0.05) is 16.4 Å². The van der Waals surface area contributed by atoms with Crippen molar-refractivity contribution in [3.8, 4) is 5.75 Å². The van der Waals surface area contributed by atoms with Crippen LogP contribution in [0.4, 0.5) is 0 Å². The highest BCUT2D eigenvalue weighted by atomic mass is 35.5. The summed E-state index contributed by atoms with van der Waals surface area (Å²) in [5.41, 5.74) is 10.9. The van der Waals surface area contributed by atoms with Crippen LogP contribution in [0.15, 0.2) is 17.2 Å². The van der Waals surface area contributed by atoms with E-state index in [1.165, 1.54) is 37.7 Å². The van der Waals surface area contributed by atoms with Crippen LogP contribution in [0.25, 0.3) is 10.4 Å². The summed E-state index contributed by atoms with van der Waals surface area (Å²) in [6.45, 7) is 0.382. The third kappa shape index (κ3) is 2.72. The van der Waals surface area contributed by atoms with Gasteiger partial charge in [-0.15, -0.1) is 0 Å². The van der Waals surface area contributed by atoms with Crippen molar-refractivity contribution in [1.29, 1.82) is 0 Å². The fourth-order valence-corrected chi connectivity index (χ4v) is 3.62. The predicted molar refractivity (Wildman–Crippen MR) is 79.4 cm³/mol. The molecule has 1 aliphatic heterocycles. The highest BCUT2D eigenvalue weighted by molar-refractivity contribution is 6.30. The van der Waals surface area contributed by atoms with Crippen LogP contribution in [0.5, 0.6) is 5.75 Å². The SMILES string of the molecule is [N-]=[N+]=NCC1Cc2cc(Cl)cc(C3CCCCC3)c2O1. The number of hydrogen-bond acceptors (Lipinski definition) is 2. The van der Waals surface area contributed by atoms with E-state index >= 15 is 0 Å². The summed E-state index contributed by atoms with van der Waals surface area (Å²) in [5.74, 6) is 1.56. The van der Waals surface area contributed by atoms with Crippen LogP contribution >= 0.6 is 11.6 Å². The monoisotopic (exact) mass is 291 g/mol. The maximum absolute atomic E-state index is 8.43. The maximum atomic E-state index is 8.43. The molecule has 5 heteroatoms. The fourth-order valence-electron chi connectivity index (χ4n) is 3.37. The lowest BCUT2D eigenvalue weighted by Crippen LogP contribution is -2.16. The highest BCUT2D eigenvalue weighted by Gasteiger charge is 2.29. The molecule has 0 aromatic heterocycles. The quantitative estimate of drug-likeness (QED) is 0.439. The minimum atomic E-state index is -0.0401. The second-order valence-corrected chi connectivity index (χ2v) is 6.11. The molecule has 2 aliphatic rings. The maximum Gasteiger partial charge on any atom is 0.126 e. The summed E-state index contributed by atoms with van der Waals surface area (Å²) in [6.07, 6.45) is 7.09. The molecule has 1 saturated carbocycles. The standard InChI is InChI=1S/C15H18ClN3O/c16-12-6-11-7-13(9-18-19-17)20-15(11)14(8-12)10-4-2-1-3-5-10/h6,8,10,13H,1-5,7,9H2. The van der Waals surface area contributed by atoms with Crippen molar-refractivity contribution < 1.29 is 4.74 Å². The molecule has 0 bridgehead atoms. The van der Waals surface area contributed by atoms with Crippen LogP contribution in [0.1, 0.15) is 49.1 Å². The molecule has 0 radical (unpaired) electrons. The summed E-state index contributed by atoms with van der Waals surface area (Å²) in [6, 6.07) is 4.05. The molecular formula is C15H18ClN3O. The predicted octanol–water partition coefficient (Wildman–Crippen LogP) is 5.00. The molecule has 4 nitrogen and oxygen atoms in total. The molecule has 0 amide bonds. The van der Waals surface area contributed by atoms with Gasteiger partial charge in [0.25, 0.3) is 0 Å². The molecule has 3 rings (SSSR count). The van der Waals surface area contributed by atoms with Crippen LogP contribution in [0, 0.1) is 0 Å². The van der Waals surface area contributed by atoms with Crippen molar-refractivity contribution in [2.24, 2.45) is 5.11 Å². The molecular weight excluding hydrogens is 274 g/mol. The van der Waals surface area contributed by atoms with E-state index in [2.05, 4.69) is 16.1 Å². The zero-order valence-electron chi connectivity index (χ0n) is 11.4. The molecule has 1 aromatic rings. The Bertz CT molecular complexity index is 548. The van der Waals surface area contributed by atoms with E-state index in [9.17, 15) is 0 Å². The molecule has 1 aromatic carbocycles.